The third kappa shape index (κ3) is 5.11. The molecule has 1 amide bonds. The van der Waals surface area contributed by atoms with Crippen LogP contribution in [0.4, 0.5) is 0 Å². The van der Waals surface area contributed by atoms with Crippen LogP contribution >= 0.6 is 11.6 Å². The highest BCUT2D eigenvalue weighted by Gasteiger charge is 2.22. The summed E-state index contributed by atoms with van der Waals surface area (Å²) in [5.41, 5.74) is -0.355. The summed E-state index contributed by atoms with van der Waals surface area (Å²) in [4.78, 5) is 11.4. The van der Waals surface area contributed by atoms with Gasteiger partial charge in [-0.1, -0.05) is 6.92 Å². The van der Waals surface area contributed by atoms with E-state index in [9.17, 15) is 4.79 Å². The van der Waals surface area contributed by atoms with Crippen molar-refractivity contribution in [3.05, 3.63) is 0 Å². The quantitative estimate of drug-likeness (QED) is 0.665. The monoisotopic (exact) mass is 207 g/mol. The number of alkyl halides is 1. The fraction of sp³-hybridized carbons (Fsp3) is 0.889. The highest BCUT2D eigenvalue weighted by Crippen LogP contribution is 2.09. The second-order valence-electron chi connectivity index (χ2n) is 3.90. The Balaban J connectivity index is 4.03. The number of nitrogens with one attached hydrogen (secondary N) is 1. The number of hydrogen-bond donors (Lipinski definition) is 2. The summed E-state index contributed by atoms with van der Waals surface area (Å²) in [5, 5.41) is 11.6. The van der Waals surface area contributed by atoms with Crippen molar-refractivity contribution >= 4 is 17.5 Å². The van der Waals surface area contributed by atoms with E-state index < -0.39 is 0 Å². The Kier molecular flexibility index (Phi) is 5.33. The molecule has 0 bridgehead atoms. The molecule has 78 valence electrons. The van der Waals surface area contributed by atoms with Crippen LogP contribution in [0.15, 0.2) is 0 Å². The van der Waals surface area contributed by atoms with E-state index in [2.05, 4.69) is 5.32 Å². The topological polar surface area (TPSA) is 49.3 Å². The molecule has 0 rings (SSSR count). The smallest absolute Gasteiger partial charge is 0.224 e. The Hall–Kier alpha value is -0.280. The Bertz CT molecular complexity index is 171. The van der Waals surface area contributed by atoms with Crippen molar-refractivity contribution < 1.29 is 9.90 Å². The lowest BCUT2D eigenvalue weighted by atomic mass is 10.00. The molecule has 0 aromatic rings. The maximum absolute atomic E-state index is 11.4. The summed E-state index contributed by atoms with van der Waals surface area (Å²) in [7, 11) is 0. The predicted molar refractivity (Wildman–Crippen MR) is 53.8 cm³/mol. The molecule has 0 aliphatic rings. The normalized spacial score (nSPS) is 13.9. The van der Waals surface area contributed by atoms with E-state index in [1.165, 1.54) is 0 Å². The number of amides is 1. The van der Waals surface area contributed by atoms with Crippen LogP contribution < -0.4 is 5.32 Å². The minimum atomic E-state index is -0.355. The average Bonchev–Trinajstić information content (AvgIpc) is 2.01. The van der Waals surface area contributed by atoms with Gasteiger partial charge in [0.05, 0.1) is 0 Å². The van der Waals surface area contributed by atoms with Gasteiger partial charge in [-0.05, 0) is 20.3 Å². The van der Waals surface area contributed by atoms with Crippen LogP contribution in [0.25, 0.3) is 0 Å². The van der Waals surface area contributed by atoms with Crippen molar-refractivity contribution in [1.82, 2.24) is 5.32 Å². The second-order valence-corrected chi connectivity index (χ2v) is 4.21. The van der Waals surface area contributed by atoms with E-state index >= 15 is 0 Å². The van der Waals surface area contributed by atoms with Crippen molar-refractivity contribution in [1.29, 1.82) is 0 Å². The van der Waals surface area contributed by atoms with E-state index in [1.54, 1.807) is 6.92 Å². The zero-order chi connectivity index (χ0) is 10.5. The van der Waals surface area contributed by atoms with Gasteiger partial charge in [0.1, 0.15) is 0 Å². The van der Waals surface area contributed by atoms with Crippen LogP contribution in [-0.4, -0.2) is 29.0 Å². The van der Waals surface area contributed by atoms with E-state index in [1.807, 2.05) is 13.8 Å². The van der Waals surface area contributed by atoms with Crippen molar-refractivity contribution in [3.8, 4) is 0 Å². The summed E-state index contributed by atoms with van der Waals surface area (Å²) in [6.07, 6.45) is 0.549. The van der Waals surface area contributed by atoms with Gasteiger partial charge in [-0.3, -0.25) is 4.79 Å². The molecule has 0 aromatic carbocycles. The highest BCUT2D eigenvalue weighted by molar-refractivity contribution is 6.19. The van der Waals surface area contributed by atoms with E-state index in [-0.39, 0.29) is 24.0 Å². The molecule has 1 unspecified atom stereocenters. The van der Waals surface area contributed by atoms with Crippen molar-refractivity contribution in [2.45, 2.75) is 32.7 Å². The van der Waals surface area contributed by atoms with Gasteiger partial charge in [-0.25, -0.2) is 0 Å². The van der Waals surface area contributed by atoms with Crippen LogP contribution in [-0.2, 0) is 4.79 Å². The van der Waals surface area contributed by atoms with Gasteiger partial charge in [0.25, 0.3) is 0 Å². The first-order chi connectivity index (χ1) is 5.93. The van der Waals surface area contributed by atoms with Gasteiger partial charge in [-0.2, -0.15) is 0 Å². The Morgan fingerprint density at radius 3 is 2.54 bits per heavy atom. The van der Waals surface area contributed by atoms with Crippen molar-refractivity contribution in [3.63, 3.8) is 0 Å². The summed E-state index contributed by atoms with van der Waals surface area (Å²) in [6.45, 7) is 5.60. The Morgan fingerprint density at radius 1 is 1.62 bits per heavy atom. The number of carbonyl (C=O) groups excluding carboxylic acids is 1. The van der Waals surface area contributed by atoms with E-state index in [4.69, 9.17) is 16.7 Å². The summed E-state index contributed by atoms with van der Waals surface area (Å²) in [6, 6.07) is 0. The first-order valence-corrected chi connectivity index (χ1v) is 4.95. The first kappa shape index (κ1) is 12.7. The molecule has 4 heteroatoms. The molecular weight excluding hydrogens is 190 g/mol. The molecule has 0 spiro atoms. The summed E-state index contributed by atoms with van der Waals surface area (Å²) >= 11 is 5.54. The van der Waals surface area contributed by atoms with Gasteiger partial charge in [0, 0.05) is 23.9 Å². The minimum Gasteiger partial charge on any atom is -0.396 e. The SMILES string of the molecule is CC(CCl)C(=O)NC(C)(C)CCO. The Labute approximate surface area is 84.5 Å². The van der Waals surface area contributed by atoms with Crippen LogP contribution in [0.1, 0.15) is 27.2 Å². The van der Waals surface area contributed by atoms with Gasteiger partial charge in [0.15, 0.2) is 0 Å². The molecule has 2 N–H and O–H groups in total. The zero-order valence-corrected chi connectivity index (χ0v) is 9.19. The molecule has 0 aromatic heterocycles. The summed E-state index contributed by atoms with van der Waals surface area (Å²) in [5.74, 6) is 0.0780. The van der Waals surface area contributed by atoms with E-state index in [0.29, 0.717) is 12.3 Å². The number of aliphatic hydroxyl groups is 1. The number of aliphatic hydroxyl groups excluding tert-OH is 1. The lowest BCUT2D eigenvalue weighted by Gasteiger charge is -2.26. The maximum atomic E-state index is 11.4. The molecule has 0 fully saturated rings. The van der Waals surface area contributed by atoms with Gasteiger partial charge in [-0.15, -0.1) is 11.6 Å². The van der Waals surface area contributed by atoms with Crippen LogP contribution in [0, 0.1) is 5.92 Å². The fourth-order valence-electron chi connectivity index (χ4n) is 0.869. The third-order valence-electron chi connectivity index (χ3n) is 1.88. The molecule has 13 heavy (non-hydrogen) atoms. The molecular formula is C9H18ClNO2. The predicted octanol–water partition coefficient (Wildman–Crippen LogP) is 1.14. The van der Waals surface area contributed by atoms with Crippen LogP contribution in [0.5, 0.6) is 0 Å². The molecule has 0 saturated heterocycles. The number of carbonyl (C=O) groups is 1. The highest BCUT2D eigenvalue weighted by atomic mass is 35.5. The van der Waals surface area contributed by atoms with E-state index in [0.717, 1.165) is 0 Å². The van der Waals surface area contributed by atoms with Crippen LogP contribution in [0.3, 0.4) is 0 Å². The summed E-state index contributed by atoms with van der Waals surface area (Å²) < 4.78 is 0. The first-order valence-electron chi connectivity index (χ1n) is 4.42. The number of halogens is 1. The third-order valence-corrected chi connectivity index (χ3v) is 2.34. The second kappa shape index (κ2) is 5.45. The number of rotatable bonds is 5. The molecule has 0 radical (unpaired) electrons. The zero-order valence-electron chi connectivity index (χ0n) is 8.43. The van der Waals surface area contributed by atoms with Gasteiger partial charge < -0.3 is 10.4 Å². The van der Waals surface area contributed by atoms with Crippen molar-refractivity contribution in [2.24, 2.45) is 5.92 Å². The Morgan fingerprint density at radius 2 is 2.15 bits per heavy atom. The van der Waals surface area contributed by atoms with Gasteiger partial charge in [0.2, 0.25) is 5.91 Å². The molecule has 0 aliphatic heterocycles. The standard InChI is InChI=1S/C9H18ClNO2/c1-7(6-10)8(13)11-9(2,3)4-5-12/h7,12H,4-6H2,1-3H3,(H,11,13). The molecule has 0 saturated carbocycles. The average molecular weight is 208 g/mol. The lowest BCUT2D eigenvalue weighted by molar-refractivity contribution is -0.125. The lowest BCUT2D eigenvalue weighted by Crippen LogP contribution is -2.46. The molecule has 0 aliphatic carbocycles. The van der Waals surface area contributed by atoms with Crippen LogP contribution in [0.2, 0.25) is 0 Å². The molecule has 0 heterocycles. The molecule has 1 atom stereocenters. The fourth-order valence-corrected chi connectivity index (χ4v) is 1.01. The minimum absolute atomic E-state index is 0.0616. The molecule has 3 nitrogen and oxygen atoms in total. The largest absolute Gasteiger partial charge is 0.396 e. The van der Waals surface area contributed by atoms with Gasteiger partial charge >= 0.3 is 0 Å². The number of hydrogen-bond acceptors (Lipinski definition) is 2. The van der Waals surface area contributed by atoms with Crippen molar-refractivity contribution in [2.75, 3.05) is 12.5 Å². The maximum Gasteiger partial charge on any atom is 0.224 e.